The molecular weight excluding hydrogens is 616 g/mol. The van der Waals surface area contributed by atoms with Crippen LogP contribution in [0.2, 0.25) is 0 Å². The van der Waals surface area contributed by atoms with E-state index in [0.717, 1.165) is 32.1 Å². The number of rotatable bonds is 29. The highest BCUT2D eigenvalue weighted by atomic mass is 79.9. The molecule has 0 aromatic heterocycles. The van der Waals surface area contributed by atoms with Gasteiger partial charge in [0.25, 0.3) is 0 Å². The molecule has 0 amide bonds. The smallest absolute Gasteiger partial charge is 0.348 e. The minimum atomic E-state index is -1.03. The topological polar surface area (TPSA) is 78.9 Å². The molecule has 0 aromatic rings. The summed E-state index contributed by atoms with van der Waals surface area (Å²) in [5.74, 6) is -0.801. The Balaban J connectivity index is 5.33. The van der Waals surface area contributed by atoms with Crippen molar-refractivity contribution in [3.8, 4) is 0 Å². The standard InChI is InChI=1S/C34H63BrO6S/c1-6-10-13-15-16-19-22-29(21-18-14-11-7-2)27-40-33(37)28(5)42-30(23-17-12-8-3)32(34(38)39-26-9-4)41-31(36)24-20-25-35/h28-30,32H,6-27H2,1-5H3. The Hall–Kier alpha value is -0.760. The maximum atomic E-state index is 13.2. The minimum Gasteiger partial charge on any atom is -0.465 e. The van der Waals surface area contributed by atoms with Gasteiger partial charge in [-0.2, -0.15) is 0 Å². The zero-order valence-corrected chi connectivity index (χ0v) is 30.0. The summed E-state index contributed by atoms with van der Waals surface area (Å²) in [6, 6.07) is 0. The molecule has 0 aromatic carbocycles. The first-order chi connectivity index (χ1) is 20.3. The van der Waals surface area contributed by atoms with Crippen molar-refractivity contribution in [1.82, 2.24) is 0 Å². The Bertz CT molecular complexity index is 676. The van der Waals surface area contributed by atoms with Crippen molar-refractivity contribution in [3.63, 3.8) is 0 Å². The first kappa shape index (κ1) is 41.2. The van der Waals surface area contributed by atoms with Gasteiger partial charge in [0.05, 0.1) is 18.5 Å². The van der Waals surface area contributed by atoms with E-state index in [4.69, 9.17) is 14.2 Å². The molecule has 0 aliphatic carbocycles. The van der Waals surface area contributed by atoms with Crippen LogP contribution < -0.4 is 0 Å². The Labute approximate surface area is 271 Å². The molecule has 0 aliphatic rings. The summed E-state index contributed by atoms with van der Waals surface area (Å²) in [6.45, 7) is 11.1. The van der Waals surface area contributed by atoms with Gasteiger partial charge in [-0.25, -0.2) is 4.79 Å². The Kier molecular flexibility index (Phi) is 28.5. The van der Waals surface area contributed by atoms with Crippen LogP contribution in [0.5, 0.6) is 0 Å². The summed E-state index contributed by atoms with van der Waals surface area (Å²) in [4.78, 5) is 38.8. The predicted octanol–water partition coefficient (Wildman–Crippen LogP) is 9.98. The summed E-state index contributed by atoms with van der Waals surface area (Å²) in [7, 11) is 0. The van der Waals surface area contributed by atoms with Crippen LogP contribution in [-0.4, -0.2) is 53.1 Å². The lowest BCUT2D eigenvalue weighted by Gasteiger charge is -2.27. The largest absolute Gasteiger partial charge is 0.465 e. The Morgan fingerprint density at radius 1 is 0.667 bits per heavy atom. The van der Waals surface area contributed by atoms with Crippen LogP contribution in [0.15, 0.2) is 0 Å². The first-order valence-corrected chi connectivity index (χ1v) is 19.1. The lowest BCUT2D eigenvalue weighted by Crippen LogP contribution is -2.40. The highest BCUT2D eigenvalue weighted by Crippen LogP contribution is 2.30. The minimum absolute atomic E-state index is 0.227. The third-order valence-electron chi connectivity index (χ3n) is 7.49. The van der Waals surface area contributed by atoms with Gasteiger partial charge in [0, 0.05) is 11.8 Å². The van der Waals surface area contributed by atoms with Crippen molar-refractivity contribution in [3.05, 3.63) is 0 Å². The molecule has 0 rings (SSSR count). The molecule has 248 valence electrons. The summed E-state index contributed by atoms with van der Waals surface area (Å²) < 4.78 is 17.1. The van der Waals surface area contributed by atoms with Crippen LogP contribution in [0.4, 0.5) is 0 Å². The number of halogens is 1. The third-order valence-corrected chi connectivity index (χ3v) is 9.48. The number of unbranched alkanes of at least 4 members (excludes halogenated alkanes) is 10. The van der Waals surface area contributed by atoms with E-state index in [2.05, 4.69) is 36.7 Å². The number of carbonyl (C=O) groups excluding carboxylic acids is 3. The normalized spacial score (nSPS) is 14.1. The summed E-state index contributed by atoms with van der Waals surface area (Å²) in [6.07, 6.45) is 18.7. The summed E-state index contributed by atoms with van der Waals surface area (Å²) >= 11 is 4.73. The van der Waals surface area contributed by atoms with E-state index in [1.165, 1.54) is 76.0 Å². The molecule has 0 bridgehead atoms. The van der Waals surface area contributed by atoms with Crippen LogP contribution in [0.1, 0.15) is 157 Å². The van der Waals surface area contributed by atoms with E-state index in [9.17, 15) is 14.4 Å². The van der Waals surface area contributed by atoms with E-state index in [-0.39, 0.29) is 24.2 Å². The molecule has 0 fully saturated rings. The van der Waals surface area contributed by atoms with Gasteiger partial charge in [-0.15, -0.1) is 11.8 Å². The monoisotopic (exact) mass is 678 g/mol. The van der Waals surface area contributed by atoms with Gasteiger partial charge in [-0.3, -0.25) is 9.59 Å². The van der Waals surface area contributed by atoms with Gasteiger partial charge in [-0.05, 0) is 44.9 Å². The van der Waals surface area contributed by atoms with E-state index < -0.39 is 23.3 Å². The van der Waals surface area contributed by atoms with Crippen molar-refractivity contribution in [1.29, 1.82) is 0 Å². The molecule has 4 atom stereocenters. The lowest BCUT2D eigenvalue weighted by atomic mass is 9.95. The number of thioether (sulfide) groups is 1. The van der Waals surface area contributed by atoms with Crippen LogP contribution >= 0.6 is 27.7 Å². The van der Waals surface area contributed by atoms with Crippen LogP contribution in [0, 0.1) is 5.92 Å². The predicted molar refractivity (Wildman–Crippen MR) is 180 cm³/mol. The maximum absolute atomic E-state index is 13.2. The van der Waals surface area contributed by atoms with Gasteiger partial charge < -0.3 is 14.2 Å². The average Bonchev–Trinajstić information content (AvgIpc) is 2.99. The van der Waals surface area contributed by atoms with Crippen LogP contribution in [0.3, 0.4) is 0 Å². The van der Waals surface area contributed by atoms with Crippen molar-refractivity contribution in [2.45, 2.75) is 173 Å². The number of esters is 3. The molecule has 0 radical (unpaired) electrons. The van der Waals surface area contributed by atoms with Gasteiger partial charge in [0.2, 0.25) is 6.10 Å². The summed E-state index contributed by atoms with van der Waals surface area (Å²) in [5.41, 5.74) is 0. The second-order valence-corrected chi connectivity index (χ2v) is 14.0. The number of carbonyl (C=O) groups is 3. The lowest BCUT2D eigenvalue weighted by molar-refractivity contribution is -0.168. The zero-order valence-electron chi connectivity index (χ0n) is 27.6. The van der Waals surface area contributed by atoms with Gasteiger partial charge in [0.15, 0.2) is 0 Å². The SMILES string of the molecule is CCCCCCCCC(CCCCCC)COC(=O)C(C)SC(CCCCC)C(OC(=O)CCCBr)C(=O)OCCC. The average molecular weight is 680 g/mol. The number of alkyl halides is 1. The van der Waals surface area contributed by atoms with Crippen molar-refractivity contribution >= 4 is 45.6 Å². The zero-order chi connectivity index (χ0) is 31.4. The Morgan fingerprint density at radius 3 is 1.81 bits per heavy atom. The molecule has 0 heterocycles. The molecular formula is C34H63BrO6S. The molecule has 4 unspecified atom stereocenters. The molecule has 8 heteroatoms. The van der Waals surface area contributed by atoms with E-state index in [0.29, 0.717) is 37.1 Å². The van der Waals surface area contributed by atoms with E-state index >= 15 is 0 Å². The van der Waals surface area contributed by atoms with Crippen LogP contribution in [0.25, 0.3) is 0 Å². The molecule has 42 heavy (non-hydrogen) atoms. The van der Waals surface area contributed by atoms with Gasteiger partial charge >= 0.3 is 17.9 Å². The first-order valence-electron chi connectivity index (χ1n) is 17.1. The second kappa shape index (κ2) is 29.0. The van der Waals surface area contributed by atoms with Crippen molar-refractivity contribution < 1.29 is 28.6 Å². The molecule has 0 saturated heterocycles. The van der Waals surface area contributed by atoms with Crippen LogP contribution in [-0.2, 0) is 28.6 Å². The molecule has 6 nitrogen and oxygen atoms in total. The van der Waals surface area contributed by atoms with Crippen molar-refractivity contribution in [2.24, 2.45) is 5.92 Å². The molecule has 0 aliphatic heterocycles. The highest BCUT2D eigenvalue weighted by molar-refractivity contribution is 9.09. The fourth-order valence-corrected chi connectivity index (χ4v) is 6.47. The van der Waals surface area contributed by atoms with E-state index in [1.54, 1.807) is 0 Å². The van der Waals surface area contributed by atoms with Gasteiger partial charge in [-0.1, -0.05) is 127 Å². The third kappa shape index (κ3) is 21.9. The number of hydrogen-bond acceptors (Lipinski definition) is 7. The fourth-order valence-electron chi connectivity index (χ4n) is 4.88. The molecule has 0 N–H and O–H groups in total. The molecule has 0 spiro atoms. The fraction of sp³-hybridized carbons (Fsp3) is 0.912. The van der Waals surface area contributed by atoms with E-state index in [1.807, 2.05) is 13.8 Å². The highest BCUT2D eigenvalue weighted by Gasteiger charge is 2.36. The van der Waals surface area contributed by atoms with Crippen molar-refractivity contribution in [2.75, 3.05) is 18.5 Å². The summed E-state index contributed by atoms with van der Waals surface area (Å²) in [5, 5.41) is -0.165. The number of hydrogen-bond donors (Lipinski definition) is 0. The second-order valence-electron chi connectivity index (χ2n) is 11.6. The quantitative estimate of drug-likeness (QED) is 0.0337. The Morgan fingerprint density at radius 2 is 1.21 bits per heavy atom. The number of ether oxygens (including phenoxy) is 3. The maximum Gasteiger partial charge on any atom is 0.348 e. The van der Waals surface area contributed by atoms with Gasteiger partial charge in [0.1, 0.15) is 5.25 Å². The molecule has 0 saturated carbocycles.